The van der Waals surface area contributed by atoms with E-state index >= 15 is 0 Å². The van der Waals surface area contributed by atoms with Crippen LogP contribution in [0.2, 0.25) is 0 Å². The van der Waals surface area contributed by atoms with Crippen LogP contribution in [0.1, 0.15) is 27.4 Å². The Morgan fingerprint density at radius 2 is 2.08 bits per heavy atom. The molecule has 1 aromatic carbocycles. The van der Waals surface area contributed by atoms with E-state index in [0.29, 0.717) is 12.8 Å². The van der Waals surface area contributed by atoms with Crippen LogP contribution in [-0.4, -0.2) is 37.0 Å². The summed E-state index contributed by atoms with van der Waals surface area (Å²) in [6, 6.07) is 9.42. The first kappa shape index (κ1) is 17.3. The van der Waals surface area contributed by atoms with Gasteiger partial charge in [0.15, 0.2) is 0 Å². The van der Waals surface area contributed by atoms with Gasteiger partial charge in [0, 0.05) is 24.4 Å². The summed E-state index contributed by atoms with van der Waals surface area (Å²) in [7, 11) is 0. The van der Waals surface area contributed by atoms with Crippen molar-refractivity contribution in [1.82, 2.24) is 25.5 Å². The van der Waals surface area contributed by atoms with Gasteiger partial charge in [0.1, 0.15) is 5.69 Å². The lowest BCUT2D eigenvalue weighted by atomic mass is 10.0. The minimum Gasteiger partial charge on any atom is -0.348 e. The summed E-state index contributed by atoms with van der Waals surface area (Å²) in [5, 5.41) is 20.3. The van der Waals surface area contributed by atoms with Crippen molar-refractivity contribution in [2.75, 3.05) is 0 Å². The van der Waals surface area contributed by atoms with Crippen LogP contribution in [0.4, 0.5) is 5.69 Å². The number of hydrogen-bond donors (Lipinski definition) is 3. The Balaban J connectivity index is 1.80. The molecule has 0 aliphatic heterocycles. The van der Waals surface area contributed by atoms with Crippen LogP contribution in [-0.2, 0) is 12.8 Å². The van der Waals surface area contributed by atoms with E-state index in [1.165, 1.54) is 6.92 Å². The first-order valence-electron chi connectivity index (χ1n) is 8.06. The number of imidazole rings is 1. The number of H-pyrrole nitrogens is 2. The maximum atomic E-state index is 12.6. The monoisotopic (exact) mass is 354 g/mol. The lowest BCUT2D eigenvalue weighted by Crippen LogP contribution is -2.38. The van der Waals surface area contributed by atoms with Crippen molar-refractivity contribution in [3.63, 3.8) is 0 Å². The van der Waals surface area contributed by atoms with Crippen molar-refractivity contribution in [3.05, 3.63) is 75.6 Å². The normalized spacial score (nSPS) is 11.9. The molecule has 0 unspecified atom stereocenters. The standard InChI is InChI=1S/C17H18N6O3/c1-11-16(23(25)26)15(22-21-11)17(24)20-13(8-14-9-18-10-19-14)7-12-5-3-2-4-6-12/h2-6,9-10,13H,7-8H2,1H3,(H,18,19)(H,20,24)(H,21,22)/t13-/m0/s1. The molecule has 0 aliphatic rings. The third kappa shape index (κ3) is 3.94. The van der Waals surface area contributed by atoms with Gasteiger partial charge in [-0.25, -0.2) is 4.98 Å². The number of rotatable bonds is 7. The molecule has 3 aromatic rings. The molecule has 0 radical (unpaired) electrons. The Kier molecular flexibility index (Phi) is 5.07. The number of carbonyl (C=O) groups is 1. The van der Waals surface area contributed by atoms with Crippen LogP contribution < -0.4 is 5.32 Å². The number of aromatic amines is 2. The zero-order chi connectivity index (χ0) is 18.5. The quantitative estimate of drug-likeness (QED) is 0.441. The Bertz CT molecular complexity index is 889. The first-order valence-corrected chi connectivity index (χ1v) is 8.06. The average molecular weight is 354 g/mol. The largest absolute Gasteiger partial charge is 0.348 e. The lowest BCUT2D eigenvalue weighted by Gasteiger charge is -2.17. The molecule has 1 amide bonds. The predicted molar refractivity (Wildman–Crippen MR) is 93.7 cm³/mol. The highest BCUT2D eigenvalue weighted by Crippen LogP contribution is 2.20. The van der Waals surface area contributed by atoms with Crippen LogP contribution >= 0.6 is 0 Å². The number of aromatic nitrogens is 4. The first-order chi connectivity index (χ1) is 12.5. The summed E-state index contributed by atoms with van der Waals surface area (Å²) in [5.41, 5.74) is 1.63. The van der Waals surface area contributed by atoms with Crippen molar-refractivity contribution >= 4 is 11.6 Å². The summed E-state index contributed by atoms with van der Waals surface area (Å²) >= 11 is 0. The number of amides is 1. The third-order valence-electron chi connectivity index (χ3n) is 3.99. The van der Waals surface area contributed by atoms with Gasteiger partial charge < -0.3 is 10.3 Å². The van der Waals surface area contributed by atoms with Crippen molar-refractivity contribution in [3.8, 4) is 0 Å². The maximum absolute atomic E-state index is 12.6. The molecule has 0 saturated heterocycles. The van der Waals surface area contributed by atoms with Gasteiger partial charge in [0.05, 0.1) is 11.3 Å². The molecule has 0 bridgehead atoms. The van der Waals surface area contributed by atoms with Crippen LogP contribution in [0.3, 0.4) is 0 Å². The van der Waals surface area contributed by atoms with Crippen molar-refractivity contribution < 1.29 is 9.72 Å². The second-order valence-corrected chi connectivity index (χ2v) is 5.94. The summed E-state index contributed by atoms with van der Waals surface area (Å²) in [6.07, 6.45) is 4.34. The zero-order valence-corrected chi connectivity index (χ0v) is 14.1. The summed E-state index contributed by atoms with van der Waals surface area (Å²) in [6.45, 7) is 1.51. The van der Waals surface area contributed by atoms with E-state index in [0.717, 1.165) is 11.3 Å². The number of nitrogens with zero attached hydrogens (tertiary/aromatic N) is 3. The molecule has 134 valence electrons. The fourth-order valence-electron chi connectivity index (χ4n) is 2.79. The van der Waals surface area contributed by atoms with Gasteiger partial charge in [-0.1, -0.05) is 30.3 Å². The fraction of sp³-hybridized carbons (Fsp3) is 0.235. The number of benzene rings is 1. The highest BCUT2D eigenvalue weighted by Gasteiger charge is 2.28. The summed E-state index contributed by atoms with van der Waals surface area (Å²) in [4.78, 5) is 30.2. The third-order valence-corrected chi connectivity index (χ3v) is 3.99. The van der Waals surface area contributed by atoms with Gasteiger partial charge in [-0.2, -0.15) is 5.10 Å². The Labute approximate surface area is 149 Å². The Hall–Kier alpha value is -3.49. The van der Waals surface area contributed by atoms with Crippen LogP contribution in [0, 0.1) is 17.0 Å². The molecule has 0 spiro atoms. The van der Waals surface area contributed by atoms with E-state index < -0.39 is 10.8 Å². The molecule has 26 heavy (non-hydrogen) atoms. The van der Waals surface area contributed by atoms with Crippen molar-refractivity contribution in [1.29, 1.82) is 0 Å². The molecule has 2 heterocycles. The summed E-state index contributed by atoms with van der Waals surface area (Å²) in [5.74, 6) is -0.582. The predicted octanol–water partition coefficient (Wildman–Crippen LogP) is 1.93. The van der Waals surface area contributed by atoms with Gasteiger partial charge in [0.2, 0.25) is 5.69 Å². The number of hydrogen-bond acceptors (Lipinski definition) is 5. The minimum absolute atomic E-state index is 0.213. The van der Waals surface area contributed by atoms with E-state index in [2.05, 4.69) is 25.5 Å². The van der Waals surface area contributed by atoms with Crippen molar-refractivity contribution in [2.45, 2.75) is 25.8 Å². The molecular weight excluding hydrogens is 336 g/mol. The zero-order valence-electron chi connectivity index (χ0n) is 14.1. The highest BCUT2D eigenvalue weighted by atomic mass is 16.6. The molecule has 3 N–H and O–H groups in total. The van der Waals surface area contributed by atoms with E-state index in [9.17, 15) is 14.9 Å². The maximum Gasteiger partial charge on any atom is 0.322 e. The molecule has 3 rings (SSSR count). The SMILES string of the molecule is Cc1[nH]nc(C(=O)N[C@@H](Cc2ccccc2)Cc2cnc[nH]2)c1[N+](=O)[O-]. The second kappa shape index (κ2) is 7.60. The van der Waals surface area contributed by atoms with E-state index in [1.54, 1.807) is 12.5 Å². The van der Waals surface area contributed by atoms with Gasteiger partial charge in [-0.15, -0.1) is 0 Å². The van der Waals surface area contributed by atoms with Crippen molar-refractivity contribution in [2.24, 2.45) is 0 Å². The second-order valence-electron chi connectivity index (χ2n) is 5.94. The highest BCUT2D eigenvalue weighted by molar-refractivity contribution is 5.96. The van der Waals surface area contributed by atoms with Gasteiger partial charge in [-0.05, 0) is 18.9 Å². The minimum atomic E-state index is -0.602. The molecule has 0 saturated carbocycles. The van der Waals surface area contributed by atoms with E-state index in [4.69, 9.17) is 0 Å². The van der Waals surface area contributed by atoms with Gasteiger partial charge >= 0.3 is 5.69 Å². The molecule has 0 fully saturated rings. The molecular formula is C17H18N6O3. The van der Waals surface area contributed by atoms with Crippen LogP contribution in [0.15, 0.2) is 42.9 Å². The Morgan fingerprint density at radius 1 is 1.31 bits per heavy atom. The smallest absolute Gasteiger partial charge is 0.322 e. The topological polar surface area (TPSA) is 130 Å². The lowest BCUT2D eigenvalue weighted by molar-refractivity contribution is -0.385. The average Bonchev–Trinajstić information content (AvgIpc) is 3.25. The molecule has 9 nitrogen and oxygen atoms in total. The Morgan fingerprint density at radius 3 is 2.73 bits per heavy atom. The number of aryl methyl sites for hydroxylation is 1. The van der Waals surface area contributed by atoms with Gasteiger partial charge in [0.25, 0.3) is 5.91 Å². The van der Waals surface area contributed by atoms with E-state index in [-0.39, 0.29) is 23.1 Å². The van der Waals surface area contributed by atoms with E-state index in [1.807, 2.05) is 30.3 Å². The van der Waals surface area contributed by atoms with Crippen LogP contribution in [0.25, 0.3) is 0 Å². The number of nitrogens with one attached hydrogen (secondary N) is 3. The fourth-order valence-corrected chi connectivity index (χ4v) is 2.79. The number of nitro groups is 1. The molecule has 9 heteroatoms. The van der Waals surface area contributed by atoms with Gasteiger partial charge in [-0.3, -0.25) is 20.0 Å². The molecule has 1 atom stereocenters. The summed E-state index contributed by atoms with van der Waals surface area (Å²) < 4.78 is 0. The molecule has 0 aliphatic carbocycles. The molecule has 2 aromatic heterocycles. The number of carbonyl (C=O) groups excluding carboxylic acids is 1. The van der Waals surface area contributed by atoms with Crippen LogP contribution in [0.5, 0.6) is 0 Å².